The first-order valence-corrected chi connectivity index (χ1v) is 9.05. The van der Waals surface area contributed by atoms with Crippen LogP contribution in [0.4, 0.5) is 15.9 Å². The lowest BCUT2D eigenvalue weighted by Crippen LogP contribution is -2.43. The van der Waals surface area contributed by atoms with E-state index in [2.05, 4.69) is 4.98 Å². The molecule has 2 aromatic rings. The summed E-state index contributed by atoms with van der Waals surface area (Å²) < 4.78 is 19.7. The van der Waals surface area contributed by atoms with E-state index in [1.165, 1.54) is 34.8 Å². The average molecular weight is 392 g/mol. The summed E-state index contributed by atoms with van der Waals surface area (Å²) in [6.07, 6.45) is 1.38. The number of H-pyrrole nitrogens is 1. The van der Waals surface area contributed by atoms with Crippen LogP contribution in [0.5, 0.6) is 0 Å². The number of benzene rings is 1. The van der Waals surface area contributed by atoms with Crippen molar-refractivity contribution in [1.82, 2.24) is 9.55 Å². The minimum absolute atomic E-state index is 0.0594. The van der Waals surface area contributed by atoms with Crippen LogP contribution in [0, 0.1) is 5.82 Å². The first kappa shape index (κ1) is 21.4. The lowest BCUT2D eigenvalue weighted by atomic mass is 10.1. The molecule has 1 amide bonds. The molecule has 0 unspecified atom stereocenters. The largest absolute Gasteiger partial charge is 0.383 e. The number of nitrogens with one attached hydrogen (secondary N) is 1. The lowest BCUT2D eigenvalue weighted by Gasteiger charge is -2.24. The molecule has 0 aliphatic rings. The van der Waals surface area contributed by atoms with E-state index >= 15 is 0 Å². The van der Waals surface area contributed by atoms with Gasteiger partial charge in [0.2, 0.25) is 5.91 Å². The van der Waals surface area contributed by atoms with E-state index in [0.29, 0.717) is 18.5 Å². The number of hydrogen-bond donors (Lipinski definition) is 2. The number of methoxy groups -OCH3 is 1. The van der Waals surface area contributed by atoms with E-state index in [1.807, 2.05) is 6.92 Å². The third-order valence-corrected chi connectivity index (χ3v) is 4.28. The average Bonchev–Trinajstić information content (AvgIpc) is 2.64. The maximum Gasteiger partial charge on any atom is 0.330 e. The Bertz CT molecular complexity index is 938. The summed E-state index contributed by atoms with van der Waals surface area (Å²) >= 11 is 0. The molecule has 0 radical (unpaired) electrons. The Morgan fingerprint density at radius 1 is 1.36 bits per heavy atom. The highest BCUT2D eigenvalue weighted by Crippen LogP contribution is 2.19. The summed E-state index contributed by atoms with van der Waals surface area (Å²) in [6.45, 7) is 2.49. The summed E-state index contributed by atoms with van der Waals surface area (Å²) in [6, 6.07) is 5.65. The van der Waals surface area contributed by atoms with Crippen LogP contribution in [0.1, 0.15) is 25.3 Å². The van der Waals surface area contributed by atoms with Crippen molar-refractivity contribution in [3.8, 4) is 0 Å². The van der Waals surface area contributed by atoms with E-state index < -0.39 is 23.0 Å². The molecule has 0 bridgehead atoms. The number of amides is 1. The maximum atomic E-state index is 13.4. The van der Waals surface area contributed by atoms with Crippen LogP contribution in [0.25, 0.3) is 0 Å². The number of unbranched alkanes of at least 4 members (excludes halogenated alkanes) is 1. The molecule has 28 heavy (non-hydrogen) atoms. The topological polar surface area (TPSA) is 110 Å². The number of carbonyl (C=O) groups excluding carboxylic acids is 1. The number of ether oxygens (including phenoxy) is 1. The number of hydrogen-bond acceptors (Lipinski definition) is 5. The Morgan fingerprint density at radius 3 is 2.75 bits per heavy atom. The number of rotatable bonds is 9. The third kappa shape index (κ3) is 5.07. The molecule has 0 saturated carbocycles. The van der Waals surface area contributed by atoms with Gasteiger partial charge in [0.15, 0.2) is 5.69 Å². The van der Waals surface area contributed by atoms with Gasteiger partial charge in [0.25, 0.3) is 5.56 Å². The summed E-state index contributed by atoms with van der Waals surface area (Å²) in [5.41, 5.74) is 5.09. The van der Waals surface area contributed by atoms with Crippen LogP contribution < -0.4 is 21.9 Å². The van der Waals surface area contributed by atoms with Gasteiger partial charge in [-0.25, -0.2) is 9.18 Å². The summed E-state index contributed by atoms with van der Waals surface area (Å²) in [5.74, 6) is -0.995. The number of nitrogens with two attached hydrogens (primary N) is 1. The number of nitrogens with zero attached hydrogens (tertiary/aromatic N) is 2. The molecule has 0 fully saturated rings. The van der Waals surface area contributed by atoms with Crippen LogP contribution in [-0.2, 0) is 22.5 Å². The molecule has 3 N–H and O–H groups in total. The van der Waals surface area contributed by atoms with Gasteiger partial charge < -0.3 is 15.4 Å². The highest BCUT2D eigenvalue weighted by Gasteiger charge is 2.24. The Balaban J connectivity index is 2.45. The fourth-order valence-corrected chi connectivity index (χ4v) is 2.84. The number of anilines is 2. The Labute approximate surface area is 161 Å². The molecule has 8 nitrogen and oxygen atoms in total. The van der Waals surface area contributed by atoms with Gasteiger partial charge in [-0.3, -0.25) is 19.1 Å². The standard InChI is InChI=1S/C19H25FN4O4/c1-3-4-8-24-17(21)16(18(26)22-19(24)27)23(9-10-28-2)15(25)12-13-6-5-7-14(20)11-13/h5-7,11H,3-4,8-10,12,21H2,1-2H3,(H,22,26,27). The van der Waals surface area contributed by atoms with E-state index in [1.54, 1.807) is 6.07 Å². The van der Waals surface area contributed by atoms with Crippen molar-refractivity contribution in [2.75, 3.05) is 30.9 Å². The second-order valence-electron chi connectivity index (χ2n) is 6.34. The van der Waals surface area contributed by atoms with Crippen molar-refractivity contribution in [3.05, 3.63) is 56.5 Å². The first-order valence-electron chi connectivity index (χ1n) is 9.05. The van der Waals surface area contributed by atoms with Crippen LogP contribution in [0.2, 0.25) is 0 Å². The molecule has 9 heteroatoms. The zero-order valence-corrected chi connectivity index (χ0v) is 16.0. The number of aromatic nitrogens is 2. The molecule has 1 aromatic heterocycles. The number of aromatic amines is 1. The van der Waals surface area contributed by atoms with Gasteiger partial charge in [-0.1, -0.05) is 25.5 Å². The Morgan fingerprint density at radius 2 is 2.11 bits per heavy atom. The molecule has 0 spiro atoms. The quantitative estimate of drug-likeness (QED) is 0.668. The van der Waals surface area contributed by atoms with E-state index in [9.17, 15) is 18.8 Å². The smallest absolute Gasteiger partial charge is 0.330 e. The summed E-state index contributed by atoms with van der Waals surface area (Å²) in [4.78, 5) is 40.9. The van der Waals surface area contributed by atoms with Crippen molar-refractivity contribution >= 4 is 17.4 Å². The molecule has 0 aliphatic carbocycles. The Kier molecular flexibility index (Phi) is 7.51. The molecular weight excluding hydrogens is 367 g/mol. The minimum Gasteiger partial charge on any atom is -0.383 e. The summed E-state index contributed by atoms with van der Waals surface area (Å²) in [5, 5.41) is 0. The second-order valence-corrected chi connectivity index (χ2v) is 6.34. The number of carbonyl (C=O) groups is 1. The van der Waals surface area contributed by atoms with Gasteiger partial charge in [0.05, 0.1) is 13.0 Å². The highest BCUT2D eigenvalue weighted by molar-refractivity contribution is 5.96. The zero-order chi connectivity index (χ0) is 20.7. The zero-order valence-electron chi connectivity index (χ0n) is 16.0. The van der Waals surface area contributed by atoms with Gasteiger partial charge >= 0.3 is 5.69 Å². The van der Waals surface area contributed by atoms with Crippen molar-refractivity contribution < 1.29 is 13.9 Å². The van der Waals surface area contributed by atoms with Crippen LogP contribution in [0.15, 0.2) is 33.9 Å². The molecule has 0 atom stereocenters. The highest BCUT2D eigenvalue weighted by atomic mass is 19.1. The summed E-state index contributed by atoms with van der Waals surface area (Å²) in [7, 11) is 1.46. The normalized spacial score (nSPS) is 10.8. The first-order chi connectivity index (χ1) is 13.4. The van der Waals surface area contributed by atoms with E-state index in [0.717, 1.165) is 6.42 Å². The van der Waals surface area contributed by atoms with Gasteiger partial charge in [0, 0.05) is 20.2 Å². The molecule has 1 heterocycles. The van der Waals surface area contributed by atoms with E-state index in [4.69, 9.17) is 10.5 Å². The molecule has 2 rings (SSSR count). The molecule has 0 saturated heterocycles. The van der Waals surface area contributed by atoms with Crippen molar-refractivity contribution in [3.63, 3.8) is 0 Å². The van der Waals surface area contributed by atoms with Crippen LogP contribution >= 0.6 is 0 Å². The predicted molar refractivity (Wildman–Crippen MR) is 105 cm³/mol. The maximum absolute atomic E-state index is 13.4. The van der Waals surface area contributed by atoms with Gasteiger partial charge in [-0.15, -0.1) is 0 Å². The van der Waals surface area contributed by atoms with E-state index in [-0.39, 0.29) is 31.1 Å². The van der Waals surface area contributed by atoms with Gasteiger partial charge in [0.1, 0.15) is 11.6 Å². The van der Waals surface area contributed by atoms with Crippen LogP contribution in [0.3, 0.4) is 0 Å². The molecule has 1 aromatic carbocycles. The molecule has 152 valence electrons. The fraction of sp³-hybridized carbons (Fsp3) is 0.421. The Hall–Kier alpha value is -2.94. The number of halogens is 1. The lowest BCUT2D eigenvalue weighted by molar-refractivity contribution is -0.118. The SMILES string of the molecule is CCCCn1c(N)c(N(CCOC)C(=O)Cc2cccc(F)c2)c(=O)[nH]c1=O. The fourth-order valence-electron chi connectivity index (χ4n) is 2.84. The van der Waals surface area contributed by atoms with Crippen molar-refractivity contribution in [2.45, 2.75) is 32.7 Å². The van der Waals surface area contributed by atoms with Crippen molar-refractivity contribution in [2.24, 2.45) is 0 Å². The van der Waals surface area contributed by atoms with Crippen molar-refractivity contribution in [1.29, 1.82) is 0 Å². The molecular formula is C19H25FN4O4. The minimum atomic E-state index is -0.751. The monoisotopic (exact) mass is 392 g/mol. The number of nitrogen functional groups attached to an aromatic ring is 1. The third-order valence-electron chi connectivity index (χ3n) is 4.28. The van der Waals surface area contributed by atoms with Gasteiger partial charge in [-0.2, -0.15) is 0 Å². The second kappa shape index (κ2) is 9.84. The van der Waals surface area contributed by atoms with Crippen LogP contribution in [-0.4, -0.2) is 35.7 Å². The predicted octanol–water partition coefficient (Wildman–Crippen LogP) is 1.28. The van der Waals surface area contributed by atoms with Gasteiger partial charge in [-0.05, 0) is 24.1 Å². The molecule has 0 aliphatic heterocycles.